The molecule has 0 amide bonds. The van der Waals surface area contributed by atoms with E-state index in [1.807, 2.05) is 11.6 Å². The predicted octanol–water partition coefficient (Wildman–Crippen LogP) is 1.19. The first kappa shape index (κ1) is 14.9. The number of aryl methyl sites for hydroxylation is 3. The fraction of sp³-hybridized carbons (Fsp3) is 0.438. The van der Waals surface area contributed by atoms with Crippen molar-refractivity contribution in [3.8, 4) is 5.69 Å². The number of aromatic nitrogens is 7. The Bertz CT molecular complexity index is 858. The lowest BCUT2D eigenvalue weighted by Gasteiger charge is -2.26. The molecule has 8 heteroatoms. The van der Waals surface area contributed by atoms with E-state index in [4.69, 9.17) is 0 Å². The molecule has 3 aromatic rings. The van der Waals surface area contributed by atoms with E-state index in [2.05, 4.69) is 67.2 Å². The summed E-state index contributed by atoms with van der Waals surface area (Å²) in [5.74, 6) is 2.83. The van der Waals surface area contributed by atoms with Crippen molar-refractivity contribution >= 4 is 0 Å². The lowest BCUT2D eigenvalue weighted by atomic mass is 10.1. The van der Waals surface area contributed by atoms with Gasteiger partial charge in [-0.15, -0.1) is 15.3 Å². The average Bonchev–Trinajstić information content (AvgIpc) is 3.15. The Kier molecular flexibility index (Phi) is 3.61. The summed E-state index contributed by atoms with van der Waals surface area (Å²) in [5, 5.41) is 20.8. The topological polar surface area (TPSA) is 77.5 Å². The molecular formula is C16H20N8. The van der Waals surface area contributed by atoms with Crippen molar-refractivity contribution in [2.75, 3.05) is 6.54 Å². The van der Waals surface area contributed by atoms with Crippen LogP contribution < -0.4 is 0 Å². The van der Waals surface area contributed by atoms with Crippen LogP contribution in [0.15, 0.2) is 18.2 Å². The largest absolute Gasteiger partial charge is 0.313 e. The number of fused-ring (bicyclic) bond motifs is 1. The van der Waals surface area contributed by atoms with Gasteiger partial charge in [0.25, 0.3) is 0 Å². The zero-order valence-electron chi connectivity index (χ0n) is 14.1. The maximum absolute atomic E-state index is 4.26. The van der Waals surface area contributed by atoms with Crippen LogP contribution in [0.25, 0.3) is 5.69 Å². The van der Waals surface area contributed by atoms with Crippen LogP contribution in [0, 0.1) is 20.8 Å². The van der Waals surface area contributed by atoms with Gasteiger partial charge >= 0.3 is 0 Å². The van der Waals surface area contributed by atoms with Gasteiger partial charge in [-0.1, -0.05) is 18.2 Å². The van der Waals surface area contributed by atoms with E-state index < -0.39 is 0 Å². The van der Waals surface area contributed by atoms with Gasteiger partial charge in [-0.2, -0.15) is 4.68 Å². The van der Waals surface area contributed by atoms with Crippen molar-refractivity contribution in [1.29, 1.82) is 0 Å². The van der Waals surface area contributed by atoms with Crippen molar-refractivity contribution in [2.45, 2.75) is 40.4 Å². The molecule has 0 radical (unpaired) electrons. The minimum atomic E-state index is 0.687. The van der Waals surface area contributed by atoms with Gasteiger partial charge < -0.3 is 4.57 Å². The maximum Gasteiger partial charge on any atom is 0.170 e. The smallest absolute Gasteiger partial charge is 0.170 e. The molecular weight excluding hydrogens is 304 g/mol. The summed E-state index contributed by atoms with van der Waals surface area (Å²) in [6.07, 6.45) is 0. The molecule has 3 heterocycles. The summed E-state index contributed by atoms with van der Waals surface area (Å²) in [6, 6.07) is 6.22. The second-order valence-electron chi connectivity index (χ2n) is 6.27. The van der Waals surface area contributed by atoms with Crippen LogP contribution >= 0.6 is 0 Å². The van der Waals surface area contributed by atoms with E-state index >= 15 is 0 Å². The lowest BCUT2D eigenvalue weighted by molar-refractivity contribution is 0.201. The van der Waals surface area contributed by atoms with Crippen LogP contribution in [0.2, 0.25) is 0 Å². The molecule has 4 rings (SSSR count). The molecule has 0 unspecified atom stereocenters. The van der Waals surface area contributed by atoms with Crippen LogP contribution in [-0.4, -0.2) is 46.4 Å². The molecule has 2 aromatic heterocycles. The van der Waals surface area contributed by atoms with Crippen molar-refractivity contribution in [3.05, 3.63) is 46.8 Å². The highest BCUT2D eigenvalue weighted by molar-refractivity contribution is 5.46. The number of hydrogen-bond acceptors (Lipinski definition) is 6. The number of benzene rings is 1. The van der Waals surface area contributed by atoms with Gasteiger partial charge in [0.1, 0.15) is 11.6 Å². The fourth-order valence-corrected chi connectivity index (χ4v) is 3.31. The molecule has 0 bridgehead atoms. The minimum absolute atomic E-state index is 0.687. The molecule has 1 aliphatic rings. The summed E-state index contributed by atoms with van der Waals surface area (Å²) >= 11 is 0. The molecule has 1 aliphatic heterocycles. The number of rotatable bonds is 3. The van der Waals surface area contributed by atoms with E-state index in [1.54, 1.807) is 0 Å². The lowest BCUT2D eigenvalue weighted by Crippen LogP contribution is -2.34. The van der Waals surface area contributed by atoms with Crippen LogP contribution in [0.1, 0.15) is 28.6 Å². The minimum Gasteiger partial charge on any atom is -0.313 e. The standard InChI is InChI=1S/C16H20N8/c1-11-5-4-6-12(2)16(11)24-15(19-20-21-24)10-22-7-8-23-13(3)17-18-14(23)9-22/h4-6H,7-10H2,1-3H3. The third-order valence-electron chi connectivity index (χ3n) is 4.57. The van der Waals surface area contributed by atoms with Crippen LogP contribution in [-0.2, 0) is 19.6 Å². The Balaban J connectivity index is 1.60. The first-order valence-electron chi connectivity index (χ1n) is 8.08. The first-order chi connectivity index (χ1) is 11.6. The quantitative estimate of drug-likeness (QED) is 0.720. The van der Waals surface area contributed by atoms with E-state index in [0.29, 0.717) is 6.54 Å². The highest BCUT2D eigenvalue weighted by Gasteiger charge is 2.22. The number of para-hydroxylation sites is 1. The van der Waals surface area contributed by atoms with E-state index in [-0.39, 0.29) is 0 Å². The van der Waals surface area contributed by atoms with E-state index in [0.717, 1.165) is 53.9 Å². The SMILES string of the molecule is Cc1cccc(C)c1-n1nnnc1CN1CCn2c(C)nnc2C1. The monoisotopic (exact) mass is 324 g/mol. The molecule has 0 atom stereocenters. The number of hydrogen-bond donors (Lipinski definition) is 0. The Hall–Kier alpha value is -2.61. The molecule has 1 aromatic carbocycles. The molecule has 0 spiro atoms. The summed E-state index contributed by atoms with van der Waals surface area (Å²) in [4.78, 5) is 2.30. The van der Waals surface area contributed by atoms with Gasteiger partial charge in [0.2, 0.25) is 0 Å². The second-order valence-corrected chi connectivity index (χ2v) is 6.27. The number of tetrazole rings is 1. The van der Waals surface area contributed by atoms with Gasteiger partial charge in [0.15, 0.2) is 5.82 Å². The molecule has 0 fully saturated rings. The molecule has 0 N–H and O–H groups in total. The molecule has 0 saturated heterocycles. The summed E-state index contributed by atoms with van der Waals surface area (Å²) in [7, 11) is 0. The molecule has 24 heavy (non-hydrogen) atoms. The summed E-state index contributed by atoms with van der Waals surface area (Å²) < 4.78 is 4.03. The van der Waals surface area contributed by atoms with E-state index in [9.17, 15) is 0 Å². The second kappa shape index (κ2) is 5.79. The van der Waals surface area contributed by atoms with Gasteiger partial charge in [0, 0.05) is 13.1 Å². The highest BCUT2D eigenvalue weighted by atomic mass is 15.6. The zero-order chi connectivity index (χ0) is 16.7. The van der Waals surface area contributed by atoms with Gasteiger partial charge in [-0.25, -0.2) is 0 Å². The van der Waals surface area contributed by atoms with Crippen molar-refractivity contribution in [1.82, 2.24) is 39.9 Å². The van der Waals surface area contributed by atoms with Crippen LogP contribution in [0.3, 0.4) is 0 Å². The highest BCUT2D eigenvalue weighted by Crippen LogP contribution is 2.20. The van der Waals surface area contributed by atoms with Crippen molar-refractivity contribution in [2.24, 2.45) is 0 Å². The van der Waals surface area contributed by atoms with Crippen LogP contribution in [0.5, 0.6) is 0 Å². The zero-order valence-corrected chi connectivity index (χ0v) is 14.1. The Morgan fingerprint density at radius 1 is 1.00 bits per heavy atom. The molecule has 8 nitrogen and oxygen atoms in total. The normalized spacial score (nSPS) is 14.8. The summed E-state index contributed by atoms with van der Waals surface area (Å²) in [5.41, 5.74) is 3.39. The third kappa shape index (κ3) is 2.48. The Labute approximate surface area is 140 Å². The van der Waals surface area contributed by atoms with E-state index in [1.165, 1.54) is 0 Å². The fourth-order valence-electron chi connectivity index (χ4n) is 3.31. The number of nitrogens with zero attached hydrogens (tertiary/aromatic N) is 8. The molecule has 124 valence electrons. The first-order valence-corrected chi connectivity index (χ1v) is 8.08. The predicted molar refractivity (Wildman–Crippen MR) is 87.5 cm³/mol. The Morgan fingerprint density at radius 3 is 2.58 bits per heavy atom. The van der Waals surface area contributed by atoms with Gasteiger partial charge in [-0.05, 0) is 42.3 Å². The van der Waals surface area contributed by atoms with Crippen molar-refractivity contribution < 1.29 is 0 Å². The molecule has 0 saturated carbocycles. The van der Waals surface area contributed by atoms with Crippen molar-refractivity contribution in [3.63, 3.8) is 0 Å². The third-order valence-corrected chi connectivity index (χ3v) is 4.57. The van der Waals surface area contributed by atoms with Gasteiger partial charge in [-0.3, -0.25) is 4.90 Å². The van der Waals surface area contributed by atoms with Crippen LogP contribution in [0.4, 0.5) is 0 Å². The summed E-state index contributed by atoms with van der Waals surface area (Å²) in [6.45, 7) is 9.45. The Morgan fingerprint density at radius 2 is 1.79 bits per heavy atom. The molecule has 0 aliphatic carbocycles. The maximum atomic E-state index is 4.26. The average molecular weight is 324 g/mol. The van der Waals surface area contributed by atoms with Gasteiger partial charge in [0.05, 0.1) is 18.8 Å².